The monoisotopic (exact) mass is 513 g/mol. The van der Waals surface area contributed by atoms with Crippen LogP contribution < -0.4 is 5.32 Å². The smallest absolute Gasteiger partial charge is 0.273 e. The fourth-order valence-corrected chi connectivity index (χ4v) is 4.25. The number of halogens is 2. The summed E-state index contributed by atoms with van der Waals surface area (Å²) in [6.07, 6.45) is 0.0214. The van der Waals surface area contributed by atoms with E-state index in [0.717, 1.165) is 5.56 Å². The van der Waals surface area contributed by atoms with Gasteiger partial charge in [0.25, 0.3) is 5.69 Å². The number of carbonyl (C=O) groups is 2. The number of likely N-dealkylation sites (N-methyl/N-ethyl adjacent to an activating group) is 1. The first-order chi connectivity index (χ1) is 16.8. The fourth-order valence-electron chi connectivity index (χ4n) is 3.78. The van der Waals surface area contributed by atoms with Gasteiger partial charge in [-0.1, -0.05) is 77.8 Å². The Morgan fingerprint density at radius 3 is 2.34 bits per heavy atom. The van der Waals surface area contributed by atoms with E-state index < -0.39 is 16.9 Å². The molecule has 9 heteroatoms. The van der Waals surface area contributed by atoms with Crippen molar-refractivity contribution < 1.29 is 14.5 Å². The summed E-state index contributed by atoms with van der Waals surface area (Å²) in [5, 5.41) is 15.1. The van der Waals surface area contributed by atoms with Crippen molar-refractivity contribution in [2.45, 2.75) is 32.4 Å². The van der Waals surface area contributed by atoms with Gasteiger partial charge >= 0.3 is 0 Å². The van der Waals surface area contributed by atoms with Crippen molar-refractivity contribution in [2.75, 3.05) is 6.54 Å². The lowest BCUT2D eigenvalue weighted by Crippen LogP contribution is -2.51. The second-order valence-electron chi connectivity index (χ2n) is 7.92. The van der Waals surface area contributed by atoms with Crippen LogP contribution in [0.2, 0.25) is 10.0 Å². The first-order valence-electron chi connectivity index (χ1n) is 11.1. The molecule has 0 spiro atoms. The predicted octanol–water partition coefficient (Wildman–Crippen LogP) is 5.22. The molecule has 0 saturated heterocycles. The zero-order valence-corrected chi connectivity index (χ0v) is 20.6. The molecule has 0 radical (unpaired) electrons. The van der Waals surface area contributed by atoms with Gasteiger partial charge in [-0.05, 0) is 30.2 Å². The number of nitro benzene ring substituents is 1. The molecule has 0 unspecified atom stereocenters. The van der Waals surface area contributed by atoms with Crippen LogP contribution in [0.1, 0.15) is 23.6 Å². The van der Waals surface area contributed by atoms with Crippen LogP contribution in [0.4, 0.5) is 5.69 Å². The standard InChI is InChI=1S/C26H25Cl2N3O4/c1-2-29-26(33)24(14-18-8-4-3-5-9-18)30(17-20-12-13-21(27)16-22(20)28)25(32)15-19-10-6-7-11-23(19)31(34)35/h3-13,16,24H,2,14-15,17H2,1H3,(H,29,33)/t24-/m1/s1. The quantitative estimate of drug-likeness (QED) is 0.297. The van der Waals surface area contributed by atoms with Crippen molar-refractivity contribution >= 4 is 40.7 Å². The molecule has 3 rings (SSSR count). The van der Waals surface area contributed by atoms with Crippen molar-refractivity contribution in [3.8, 4) is 0 Å². The zero-order chi connectivity index (χ0) is 25.4. The van der Waals surface area contributed by atoms with E-state index in [9.17, 15) is 19.7 Å². The zero-order valence-electron chi connectivity index (χ0n) is 19.1. The number of rotatable bonds is 10. The number of hydrogen-bond donors (Lipinski definition) is 1. The molecule has 7 nitrogen and oxygen atoms in total. The van der Waals surface area contributed by atoms with E-state index in [1.165, 1.54) is 11.0 Å². The Morgan fingerprint density at radius 2 is 1.69 bits per heavy atom. The normalized spacial score (nSPS) is 11.5. The van der Waals surface area contributed by atoms with Crippen molar-refractivity contribution in [2.24, 2.45) is 0 Å². The molecular formula is C26H25Cl2N3O4. The summed E-state index contributed by atoms with van der Waals surface area (Å²) in [6.45, 7) is 2.22. The van der Waals surface area contributed by atoms with Crippen molar-refractivity contribution in [3.05, 3.63) is 110 Å². The summed E-state index contributed by atoms with van der Waals surface area (Å²) in [5.74, 6) is -0.755. The Kier molecular flexibility index (Phi) is 9.23. The summed E-state index contributed by atoms with van der Waals surface area (Å²) < 4.78 is 0. The number of amides is 2. The van der Waals surface area contributed by atoms with Gasteiger partial charge in [0.2, 0.25) is 11.8 Å². The number of benzene rings is 3. The topological polar surface area (TPSA) is 92.6 Å². The van der Waals surface area contributed by atoms with Crippen LogP contribution in [-0.4, -0.2) is 34.2 Å². The van der Waals surface area contributed by atoms with Crippen molar-refractivity contribution in [3.63, 3.8) is 0 Å². The Morgan fingerprint density at radius 1 is 1.00 bits per heavy atom. The van der Waals surface area contributed by atoms with Gasteiger partial charge in [-0.2, -0.15) is 0 Å². The van der Waals surface area contributed by atoms with Gasteiger partial charge in [0, 0.05) is 41.2 Å². The Bertz CT molecular complexity index is 1200. The molecule has 182 valence electrons. The van der Waals surface area contributed by atoms with E-state index in [1.54, 1.807) is 43.3 Å². The molecule has 0 heterocycles. The highest BCUT2D eigenvalue weighted by atomic mass is 35.5. The number of para-hydroxylation sites is 1. The second-order valence-corrected chi connectivity index (χ2v) is 8.76. The van der Waals surface area contributed by atoms with Crippen LogP contribution in [0.5, 0.6) is 0 Å². The molecule has 3 aromatic carbocycles. The second kappa shape index (κ2) is 12.3. The maximum atomic E-state index is 13.7. The number of carbonyl (C=O) groups excluding carboxylic acids is 2. The number of nitrogens with zero attached hydrogens (tertiary/aromatic N) is 2. The van der Waals surface area contributed by atoms with Gasteiger partial charge < -0.3 is 10.2 Å². The van der Waals surface area contributed by atoms with Gasteiger partial charge in [-0.15, -0.1) is 0 Å². The Balaban J connectivity index is 2.02. The lowest BCUT2D eigenvalue weighted by Gasteiger charge is -2.32. The average molecular weight is 514 g/mol. The summed E-state index contributed by atoms with van der Waals surface area (Å²) in [5.41, 5.74) is 1.59. The molecule has 0 fully saturated rings. The van der Waals surface area contributed by atoms with E-state index in [0.29, 0.717) is 22.2 Å². The summed E-state index contributed by atoms with van der Waals surface area (Å²) in [7, 11) is 0. The Hall–Kier alpha value is -3.42. The third-order valence-electron chi connectivity index (χ3n) is 5.51. The van der Waals surface area contributed by atoms with E-state index in [2.05, 4.69) is 5.32 Å². The van der Waals surface area contributed by atoms with Crippen LogP contribution in [0, 0.1) is 10.1 Å². The molecule has 0 saturated carbocycles. The van der Waals surface area contributed by atoms with Crippen LogP contribution >= 0.6 is 23.2 Å². The SMILES string of the molecule is CCNC(=O)[C@@H](Cc1ccccc1)N(Cc1ccc(Cl)cc1Cl)C(=O)Cc1ccccc1[N+](=O)[O-]. The molecule has 0 aromatic heterocycles. The maximum absolute atomic E-state index is 13.7. The van der Waals surface area contributed by atoms with E-state index in [-0.39, 0.29) is 36.5 Å². The van der Waals surface area contributed by atoms with Crippen LogP contribution in [0.25, 0.3) is 0 Å². The summed E-state index contributed by atoms with van der Waals surface area (Å²) >= 11 is 12.4. The van der Waals surface area contributed by atoms with Gasteiger partial charge in [-0.3, -0.25) is 19.7 Å². The van der Waals surface area contributed by atoms with Gasteiger partial charge in [0.1, 0.15) is 6.04 Å². The third kappa shape index (κ3) is 7.04. The third-order valence-corrected chi connectivity index (χ3v) is 6.09. The average Bonchev–Trinajstić information content (AvgIpc) is 2.83. The minimum absolute atomic E-state index is 0.0318. The lowest BCUT2D eigenvalue weighted by atomic mass is 10.0. The van der Waals surface area contributed by atoms with Gasteiger partial charge in [0.15, 0.2) is 0 Å². The Labute approximate surface area is 213 Å². The lowest BCUT2D eigenvalue weighted by molar-refractivity contribution is -0.385. The largest absolute Gasteiger partial charge is 0.355 e. The number of nitrogens with one attached hydrogen (secondary N) is 1. The molecule has 0 aliphatic carbocycles. The highest BCUT2D eigenvalue weighted by molar-refractivity contribution is 6.35. The fraction of sp³-hybridized carbons (Fsp3) is 0.231. The molecule has 2 amide bonds. The van der Waals surface area contributed by atoms with Crippen LogP contribution in [0.3, 0.4) is 0 Å². The van der Waals surface area contributed by atoms with Gasteiger partial charge in [-0.25, -0.2) is 0 Å². The highest BCUT2D eigenvalue weighted by Crippen LogP contribution is 2.25. The first-order valence-corrected chi connectivity index (χ1v) is 11.8. The molecule has 3 aromatic rings. The van der Waals surface area contributed by atoms with Crippen molar-refractivity contribution in [1.29, 1.82) is 0 Å². The highest BCUT2D eigenvalue weighted by Gasteiger charge is 2.31. The molecule has 35 heavy (non-hydrogen) atoms. The van der Waals surface area contributed by atoms with Crippen LogP contribution in [-0.2, 0) is 29.0 Å². The molecule has 0 aliphatic rings. The predicted molar refractivity (Wildman–Crippen MR) is 136 cm³/mol. The number of hydrogen-bond acceptors (Lipinski definition) is 4. The summed E-state index contributed by atoms with van der Waals surface area (Å²) in [4.78, 5) is 39.3. The van der Waals surface area contributed by atoms with Crippen molar-refractivity contribution in [1.82, 2.24) is 10.2 Å². The molecule has 0 bridgehead atoms. The minimum Gasteiger partial charge on any atom is -0.355 e. The molecule has 0 aliphatic heterocycles. The summed E-state index contributed by atoms with van der Waals surface area (Å²) in [6, 6.07) is 19.5. The van der Waals surface area contributed by atoms with Crippen LogP contribution in [0.15, 0.2) is 72.8 Å². The van der Waals surface area contributed by atoms with E-state index in [4.69, 9.17) is 23.2 Å². The first kappa shape index (κ1) is 26.2. The molecule has 1 atom stereocenters. The maximum Gasteiger partial charge on any atom is 0.273 e. The van der Waals surface area contributed by atoms with E-state index in [1.807, 2.05) is 30.3 Å². The molecular weight excluding hydrogens is 489 g/mol. The van der Waals surface area contributed by atoms with E-state index >= 15 is 0 Å². The minimum atomic E-state index is -0.862. The molecule has 1 N–H and O–H groups in total. The number of nitro groups is 1. The van der Waals surface area contributed by atoms with Gasteiger partial charge in [0.05, 0.1) is 11.3 Å².